The highest BCUT2D eigenvalue weighted by atomic mass is 32.1. The van der Waals surface area contributed by atoms with Crippen molar-refractivity contribution in [3.63, 3.8) is 0 Å². The molecular formula is C17H21N3O3S. The van der Waals surface area contributed by atoms with Crippen molar-refractivity contribution in [2.45, 2.75) is 33.2 Å². The Labute approximate surface area is 145 Å². The number of nitrogens with zero attached hydrogens (tertiary/aromatic N) is 1. The first kappa shape index (κ1) is 16.6. The number of fused-ring (bicyclic) bond motifs is 1. The Morgan fingerprint density at radius 1 is 1.29 bits per heavy atom. The lowest BCUT2D eigenvalue weighted by Crippen LogP contribution is -2.36. The van der Waals surface area contributed by atoms with E-state index >= 15 is 0 Å². The molecule has 6 nitrogen and oxygen atoms in total. The number of aryl methyl sites for hydroxylation is 2. The highest BCUT2D eigenvalue weighted by Crippen LogP contribution is 2.32. The van der Waals surface area contributed by atoms with Crippen molar-refractivity contribution in [3.8, 4) is 11.5 Å². The molecule has 0 saturated carbocycles. The molecule has 128 valence electrons. The fourth-order valence-corrected chi connectivity index (χ4v) is 3.52. The Hall–Kier alpha value is -2.28. The number of thiazole rings is 1. The zero-order chi connectivity index (χ0) is 16.9. The number of hydrogen-bond donors (Lipinski definition) is 2. The van der Waals surface area contributed by atoms with Gasteiger partial charge in [0.25, 0.3) is 0 Å². The van der Waals surface area contributed by atoms with E-state index in [4.69, 9.17) is 9.47 Å². The minimum absolute atomic E-state index is 0.184. The number of ether oxygens (including phenoxy) is 2. The molecular weight excluding hydrogens is 326 g/mol. The van der Waals surface area contributed by atoms with Gasteiger partial charge in [0.2, 0.25) is 6.79 Å². The van der Waals surface area contributed by atoms with Gasteiger partial charge in [0.15, 0.2) is 11.5 Å². The zero-order valence-corrected chi connectivity index (χ0v) is 14.7. The van der Waals surface area contributed by atoms with E-state index in [9.17, 15) is 4.79 Å². The summed E-state index contributed by atoms with van der Waals surface area (Å²) in [5, 5.41) is 6.77. The molecule has 2 amide bonds. The number of hydrogen-bond acceptors (Lipinski definition) is 5. The smallest absolute Gasteiger partial charge is 0.315 e. The van der Waals surface area contributed by atoms with Crippen molar-refractivity contribution in [1.82, 2.24) is 15.6 Å². The van der Waals surface area contributed by atoms with E-state index in [2.05, 4.69) is 29.5 Å². The minimum Gasteiger partial charge on any atom is -0.454 e. The van der Waals surface area contributed by atoms with E-state index in [-0.39, 0.29) is 12.8 Å². The largest absolute Gasteiger partial charge is 0.454 e. The van der Waals surface area contributed by atoms with Crippen LogP contribution in [-0.4, -0.2) is 24.4 Å². The molecule has 1 aromatic heterocycles. The van der Waals surface area contributed by atoms with Gasteiger partial charge in [-0.05, 0) is 31.0 Å². The molecule has 0 radical (unpaired) electrons. The SMILES string of the molecule is CCc1nc(CCNC(=O)NCc2ccc3c(c2)OCO3)sc1C. The Morgan fingerprint density at radius 2 is 2.12 bits per heavy atom. The average Bonchev–Trinajstić information content (AvgIpc) is 3.18. The molecule has 0 saturated heterocycles. The van der Waals surface area contributed by atoms with Gasteiger partial charge in [0.05, 0.1) is 10.7 Å². The number of carbonyl (C=O) groups is 1. The summed E-state index contributed by atoms with van der Waals surface area (Å²) in [5.41, 5.74) is 2.12. The summed E-state index contributed by atoms with van der Waals surface area (Å²) in [6.07, 6.45) is 1.70. The van der Waals surface area contributed by atoms with E-state index in [1.807, 2.05) is 18.2 Å². The highest BCUT2D eigenvalue weighted by molar-refractivity contribution is 7.11. The van der Waals surface area contributed by atoms with E-state index < -0.39 is 0 Å². The number of nitrogens with one attached hydrogen (secondary N) is 2. The van der Waals surface area contributed by atoms with Crippen molar-refractivity contribution < 1.29 is 14.3 Å². The number of aromatic nitrogens is 1. The van der Waals surface area contributed by atoms with Crippen molar-refractivity contribution in [2.75, 3.05) is 13.3 Å². The maximum absolute atomic E-state index is 11.9. The Morgan fingerprint density at radius 3 is 2.92 bits per heavy atom. The van der Waals surface area contributed by atoms with Gasteiger partial charge in [-0.25, -0.2) is 9.78 Å². The lowest BCUT2D eigenvalue weighted by Gasteiger charge is -2.07. The molecule has 0 spiro atoms. The van der Waals surface area contributed by atoms with Gasteiger partial charge in [0, 0.05) is 24.4 Å². The standard InChI is InChI=1S/C17H21N3O3S/c1-3-13-11(2)24-16(20-13)6-7-18-17(21)19-9-12-4-5-14-15(8-12)23-10-22-14/h4-5,8H,3,6-7,9-10H2,1-2H3,(H2,18,19,21). The molecule has 2 heterocycles. The van der Waals surface area contributed by atoms with Crippen LogP contribution in [0.15, 0.2) is 18.2 Å². The Kier molecular flexibility index (Phi) is 5.20. The van der Waals surface area contributed by atoms with Gasteiger partial charge in [-0.2, -0.15) is 0 Å². The molecule has 1 aliphatic rings. The summed E-state index contributed by atoms with van der Waals surface area (Å²) in [6.45, 7) is 5.46. The molecule has 7 heteroatoms. The van der Waals surface area contributed by atoms with Crippen LogP contribution in [0.4, 0.5) is 4.79 Å². The highest BCUT2D eigenvalue weighted by Gasteiger charge is 2.13. The second kappa shape index (κ2) is 7.53. The summed E-state index contributed by atoms with van der Waals surface area (Å²) in [4.78, 5) is 17.7. The third-order valence-corrected chi connectivity index (χ3v) is 4.86. The monoisotopic (exact) mass is 347 g/mol. The van der Waals surface area contributed by atoms with Crippen LogP contribution in [0.25, 0.3) is 0 Å². The van der Waals surface area contributed by atoms with Crippen LogP contribution in [0, 0.1) is 6.92 Å². The first-order chi connectivity index (χ1) is 11.7. The molecule has 1 aliphatic heterocycles. The molecule has 0 atom stereocenters. The number of rotatable bonds is 6. The summed E-state index contributed by atoms with van der Waals surface area (Å²) < 4.78 is 10.6. The molecule has 3 rings (SSSR count). The Bertz CT molecular complexity index is 730. The lowest BCUT2D eigenvalue weighted by molar-refractivity contribution is 0.174. The van der Waals surface area contributed by atoms with Gasteiger partial charge in [0.1, 0.15) is 0 Å². The van der Waals surface area contributed by atoms with Crippen LogP contribution in [0.2, 0.25) is 0 Å². The minimum atomic E-state index is -0.184. The molecule has 0 aliphatic carbocycles. The fraction of sp³-hybridized carbons (Fsp3) is 0.412. The number of benzene rings is 1. The maximum atomic E-state index is 11.9. The quantitative estimate of drug-likeness (QED) is 0.843. The first-order valence-electron chi connectivity index (χ1n) is 8.01. The zero-order valence-electron chi connectivity index (χ0n) is 13.8. The molecule has 0 fully saturated rings. The fourth-order valence-electron chi connectivity index (χ4n) is 2.50. The molecule has 2 aromatic rings. The summed E-state index contributed by atoms with van der Waals surface area (Å²) in [6, 6.07) is 5.47. The number of carbonyl (C=O) groups excluding carboxylic acids is 1. The first-order valence-corrected chi connectivity index (χ1v) is 8.82. The van der Waals surface area contributed by atoms with Gasteiger partial charge >= 0.3 is 6.03 Å². The second-order valence-corrected chi connectivity index (χ2v) is 6.80. The maximum Gasteiger partial charge on any atom is 0.315 e. The van der Waals surface area contributed by atoms with Crippen LogP contribution in [0.5, 0.6) is 11.5 Å². The van der Waals surface area contributed by atoms with Gasteiger partial charge in [-0.1, -0.05) is 13.0 Å². The van der Waals surface area contributed by atoms with Gasteiger partial charge < -0.3 is 20.1 Å². The lowest BCUT2D eigenvalue weighted by atomic mass is 10.2. The van der Waals surface area contributed by atoms with Crippen LogP contribution >= 0.6 is 11.3 Å². The average molecular weight is 347 g/mol. The van der Waals surface area contributed by atoms with E-state index in [0.29, 0.717) is 13.1 Å². The van der Waals surface area contributed by atoms with Gasteiger partial charge in [-0.15, -0.1) is 11.3 Å². The predicted molar refractivity (Wildman–Crippen MR) is 92.7 cm³/mol. The van der Waals surface area contributed by atoms with Crippen molar-refractivity contribution in [2.24, 2.45) is 0 Å². The molecule has 24 heavy (non-hydrogen) atoms. The molecule has 0 unspecified atom stereocenters. The van der Waals surface area contributed by atoms with Crippen molar-refractivity contribution in [1.29, 1.82) is 0 Å². The van der Waals surface area contributed by atoms with Crippen LogP contribution < -0.4 is 20.1 Å². The second-order valence-electron chi connectivity index (χ2n) is 5.51. The number of urea groups is 1. The third-order valence-electron chi connectivity index (χ3n) is 3.79. The normalized spacial score (nSPS) is 12.2. The Balaban J connectivity index is 1.41. The van der Waals surface area contributed by atoms with E-state index in [0.717, 1.165) is 40.6 Å². The van der Waals surface area contributed by atoms with Crippen molar-refractivity contribution in [3.05, 3.63) is 39.3 Å². The molecule has 2 N–H and O–H groups in total. The summed E-state index contributed by atoms with van der Waals surface area (Å²) >= 11 is 1.70. The van der Waals surface area contributed by atoms with E-state index in [1.54, 1.807) is 11.3 Å². The van der Waals surface area contributed by atoms with E-state index in [1.165, 1.54) is 4.88 Å². The van der Waals surface area contributed by atoms with Crippen LogP contribution in [0.1, 0.15) is 28.1 Å². The third kappa shape index (κ3) is 3.97. The summed E-state index contributed by atoms with van der Waals surface area (Å²) in [5.74, 6) is 1.47. The van der Waals surface area contributed by atoms with Crippen LogP contribution in [-0.2, 0) is 19.4 Å². The van der Waals surface area contributed by atoms with Crippen molar-refractivity contribution >= 4 is 17.4 Å². The molecule has 1 aromatic carbocycles. The summed E-state index contributed by atoms with van der Waals surface area (Å²) in [7, 11) is 0. The predicted octanol–water partition coefficient (Wildman–Crippen LogP) is 2.78. The molecule has 0 bridgehead atoms. The van der Waals surface area contributed by atoms with Gasteiger partial charge in [-0.3, -0.25) is 0 Å². The topological polar surface area (TPSA) is 72.5 Å². The van der Waals surface area contributed by atoms with Crippen LogP contribution in [0.3, 0.4) is 0 Å². The number of amides is 2.